The number of nitrogens with zero attached hydrogens (tertiary/aromatic N) is 2. The van der Waals surface area contributed by atoms with Crippen molar-refractivity contribution in [2.45, 2.75) is 12.5 Å². The first-order valence-corrected chi connectivity index (χ1v) is 5.67. The SMILES string of the molecule is CN(C)C1CCN(c2cccc([NH2+][O-])c2)C1. The molecule has 16 heavy (non-hydrogen) atoms. The van der Waals surface area contributed by atoms with E-state index >= 15 is 0 Å². The van der Waals surface area contributed by atoms with Crippen LogP contribution >= 0.6 is 0 Å². The molecule has 1 saturated heterocycles. The van der Waals surface area contributed by atoms with Gasteiger partial charge in [0.15, 0.2) is 0 Å². The number of hydrogen-bond donors (Lipinski definition) is 1. The van der Waals surface area contributed by atoms with Crippen LogP contribution in [0, 0.1) is 5.21 Å². The zero-order valence-corrected chi connectivity index (χ0v) is 9.89. The fraction of sp³-hybridized carbons (Fsp3) is 0.500. The van der Waals surface area contributed by atoms with Crippen molar-refractivity contribution in [3.05, 3.63) is 29.5 Å². The molecule has 1 heterocycles. The number of quaternary nitrogens is 1. The smallest absolute Gasteiger partial charge is 0.131 e. The average molecular weight is 221 g/mol. The van der Waals surface area contributed by atoms with Crippen LogP contribution in [-0.2, 0) is 0 Å². The molecule has 1 aliphatic rings. The fourth-order valence-electron chi connectivity index (χ4n) is 2.19. The molecule has 4 heteroatoms. The number of hydrogen-bond acceptors (Lipinski definition) is 3. The molecule has 0 aromatic heterocycles. The van der Waals surface area contributed by atoms with Gasteiger partial charge in [0.2, 0.25) is 0 Å². The van der Waals surface area contributed by atoms with Crippen LogP contribution in [0.25, 0.3) is 0 Å². The molecule has 1 fully saturated rings. The van der Waals surface area contributed by atoms with Crippen LogP contribution in [-0.4, -0.2) is 38.1 Å². The van der Waals surface area contributed by atoms with E-state index in [-0.39, 0.29) is 0 Å². The molecular formula is C12H19N3O. The average Bonchev–Trinajstić information content (AvgIpc) is 2.78. The van der Waals surface area contributed by atoms with E-state index < -0.39 is 0 Å². The predicted octanol–water partition coefficient (Wildman–Crippen LogP) is 0.520. The minimum atomic E-state index is 0.625. The van der Waals surface area contributed by atoms with Gasteiger partial charge in [0, 0.05) is 30.9 Å². The monoisotopic (exact) mass is 221 g/mol. The van der Waals surface area contributed by atoms with Crippen molar-refractivity contribution in [3.63, 3.8) is 0 Å². The van der Waals surface area contributed by atoms with Gasteiger partial charge in [0.05, 0.1) is 0 Å². The Hall–Kier alpha value is -1.10. The molecule has 0 radical (unpaired) electrons. The van der Waals surface area contributed by atoms with E-state index in [1.165, 1.54) is 6.42 Å². The van der Waals surface area contributed by atoms with Gasteiger partial charge in [0.25, 0.3) is 0 Å². The Bertz CT molecular complexity index is 354. The quantitative estimate of drug-likeness (QED) is 0.598. The molecule has 0 bridgehead atoms. The number of nitrogens with two attached hydrogens (primary N) is 1. The summed E-state index contributed by atoms with van der Waals surface area (Å²) in [7, 11) is 4.24. The molecule has 2 rings (SSSR count). The molecular weight excluding hydrogens is 202 g/mol. The summed E-state index contributed by atoms with van der Waals surface area (Å²) in [5.41, 5.74) is 2.82. The Morgan fingerprint density at radius 1 is 1.44 bits per heavy atom. The molecule has 0 aliphatic carbocycles. The maximum atomic E-state index is 10.7. The molecule has 1 aromatic carbocycles. The Balaban J connectivity index is 2.08. The lowest BCUT2D eigenvalue weighted by Crippen LogP contribution is -2.70. The minimum Gasteiger partial charge on any atom is -0.630 e. The zero-order valence-electron chi connectivity index (χ0n) is 9.89. The lowest BCUT2D eigenvalue weighted by Gasteiger charge is -2.22. The molecule has 0 spiro atoms. The van der Waals surface area contributed by atoms with Gasteiger partial charge in [-0.3, -0.25) is 0 Å². The van der Waals surface area contributed by atoms with Gasteiger partial charge in [-0.25, -0.2) is 0 Å². The maximum absolute atomic E-state index is 10.7. The minimum absolute atomic E-state index is 0.625. The largest absolute Gasteiger partial charge is 0.630 e. The molecule has 4 nitrogen and oxygen atoms in total. The van der Waals surface area contributed by atoms with Crippen molar-refractivity contribution in [3.8, 4) is 0 Å². The zero-order chi connectivity index (χ0) is 11.5. The van der Waals surface area contributed by atoms with Crippen molar-refractivity contribution in [2.24, 2.45) is 0 Å². The normalized spacial score (nSPS) is 20.8. The van der Waals surface area contributed by atoms with Gasteiger partial charge in [0.1, 0.15) is 5.69 Å². The highest BCUT2D eigenvalue weighted by Crippen LogP contribution is 2.23. The van der Waals surface area contributed by atoms with Gasteiger partial charge in [-0.1, -0.05) is 6.07 Å². The Morgan fingerprint density at radius 3 is 2.88 bits per heavy atom. The van der Waals surface area contributed by atoms with Crippen molar-refractivity contribution in [1.29, 1.82) is 0 Å². The summed E-state index contributed by atoms with van der Waals surface area (Å²) in [6.07, 6.45) is 1.19. The Morgan fingerprint density at radius 2 is 2.25 bits per heavy atom. The highest BCUT2D eigenvalue weighted by Gasteiger charge is 2.24. The van der Waals surface area contributed by atoms with Crippen molar-refractivity contribution >= 4 is 11.4 Å². The molecule has 1 aliphatic heterocycles. The molecule has 0 saturated carbocycles. The van der Waals surface area contributed by atoms with Gasteiger partial charge in [-0.05, 0) is 32.6 Å². The summed E-state index contributed by atoms with van der Waals surface area (Å²) in [6.45, 7) is 2.13. The second-order valence-corrected chi connectivity index (χ2v) is 4.56. The highest BCUT2D eigenvalue weighted by molar-refractivity contribution is 5.53. The first-order valence-electron chi connectivity index (χ1n) is 5.67. The first-order chi connectivity index (χ1) is 7.70. The summed E-state index contributed by atoms with van der Waals surface area (Å²) in [5.74, 6) is 0. The molecule has 1 aromatic rings. The molecule has 2 N–H and O–H groups in total. The lowest BCUT2D eigenvalue weighted by molar-refractivity contribution is -0.497. The summed E-state index contributed by atoms with van der Waals surface area (Å²) in [5, 5.41) is 10.7. The van der Waals surface area contributed by atoms with Crippen LogP contribution in [0.5, 0.6) is 0 Å². The third-order valence-corrected chi connectivity index (χ3v) is 3.27. The third kappa shape index (κ3) is 2.35. The van der Waals surface area contributed by atoms with Crippen LogP contribution < -0.4 is 10.4 Å². The fourth-order valence-corrected chi connectivity index (χ4v) is 2.19. The number of anilines is 1. The number of benzene rings is 1. The van der Waals surface area contributed by atoms with Crippen LogP contribution in [0.15, 0.2) is 24.3 Å². The highest BCUT2D eigenvalue weighted by atomic mass is 16.5. The van der Waals surface area contributed by atoms with E-state index in [2.05, 4.69) is 30.0 Å². The summed E-state index contributed by atoms with van der Waals surface area (Å²) in [6, 6.07) is 8.45. The summed E-state index contributed by atoms with van der Waals surface area (Å²) in [4.78, 5) is 4.61. The van der Waals surface area contributed by atoms with Crippen LogP contribution in [0.1, 0.15) is 6.42 Å². The first kappa shape index (κ1) is 11.4. The van der Waals surface area contributed by atoms with Crippen LogP contribution in [0.3, 0.4) is 0 Å². The van der Waals surface area contributed by atoms with Gasteiger partial charge in [-0.15, -0.1) is 0 Å². The van der Waals surface area contributed by atoms with Crippen LogP contribution in [0.2, 0.25) is 0 Å². The number of rotatable bonds is 3. The van der Waals surface area contributed by atoms with Gasteiger partial charge < -0.3 is 20.5 Å². The van der Waals surface area contributed by atoms with Crippen LogP contribution in [0.4, 0.5) is 11.4 Å². The van der Waals surface area contributed by atoms with Crippen molar-refractivity contribution in [1.82, 2.24) is 4.90 Å². The molecule has 88 valence electrons. The van der Waals surface area contributed by atoms with E-state index in [0.29, 0.717) is 6.04 Å². The van der Waals surface area contributed by atoms with Gasteiger partial charge in [-0.2, -0.15) is 0 Å². The van der Waals surface area contributed by atoms with E-state index in [1.54, 1.807) is 0 Å². The second kappa shape index (κ2) is 4.82. The van der Waals surface area contributed by atoms with E-state index in [1.807, 2.05) is 18.2 Å². The predicted molar refractivity (Wildman–Crippen MR) is 65.7 cm³/mol. The Labute approximate surface area is 96.4 Å². The molecule has 1 atom stereocenters. The van der Waals surface area contributed by atoms with Crippen molar-refractivity contribution in [2.75, 3.05) is 32.1 Å². The topological polar surface area (TPSA) is 46.1 Å². The second-order valence-electron chi connectivity index (χ2n) is 4.56. The lowest BCUT2D eigenvalue weighted by atomic mass is 10.2. The van der Waals surface area contributed by atoms with Gasteiger partial charge >= 0.3 is 0 Å². The van der Waals surface area contributed by atoms with Crippen molar-refractivity contribution < 1.29 is 5.48 Å². The number of likely N-dealkylation sites (N-methyl/N-ethyl adjacent to an activating group) is 1. The van der Waals surface area contributed by atoms with E-state index in [9.17, 15) is 5.21 Å². The third-order valence-electron chi connectivity index (χ3n) is 3.27. The summed E-state index contributed by atoms with van der Waals surface area (Å²) < 4.78 is 0. The van der Waals surface area contributed by atoms with E-state index in [4.69, 9.17) is 0 Å². The van der Waals surface area contributed by atoms with E-state index in [0.717, 1.165) is 29.9 Å². The Kier molecular flexibility index (Phi) is 3.43. The standard InChI is InChI=1S/C12H19N3O/c1-14(2)12-6-7-15(9-12)11-5-3-4-10(8-11)13-16/h3-5,8,12H,6-7,9,13H2,1-2H3. The summed E-state index contributed by atoms with van der Waals surface area (Å²) >= 11 is 0. The molecule has 1 unspecified atom stereocenters. The maximum Gasteiger partial charge on any atom is 0.131 e. The molecule has 0 amide bonds.